The van der Waals surface area contributed by atoms with Crippen molar-refractivity contribution in [2.75, 3.05) is 19.6 Å². The van der Waals surface area contributed by atoms with Gasteiger partial charge in [0, 0.05) is 19.2 Å². The number of nitrogens with zero attached hydrogens (tertiary/aromatic N) is 1. The molecular weight excluding hydrogens is 323 g/mol. The molecule has 1 aromatic rings. The average Bonchev–Trinajstić information content (AvgIpc) is 2.54. The Morgan fingerprint density at radius 3 is 2.36 bits per heavy atom. The second kappa shape index (κ2) is 9.23. The lowest BCUT2D eigenvalue weighted by molar-refractivity contribution is -0.131. The van der Waals surface area contributed by atoms with Gasteiger partial charge in [-0.05, 0) is 36.8 Å². The Morgan fingerprint density at radius 1 is 1.27 bits per heavy atom. The maximum atomic E-state index is 11.5. The van der Waals surface area contributed by atoms with Crippen molar-refractivity contribution < 1.29 is 9.90 Å². The molecule has 1 aromatic carbocycles. The minimum atomic E-state index is 0.000773. The van der Waals surface area contributed by atoms with Crippen LogP contribution in [0.1, 0.15) is 32.3 Å². The summed E-state index contributed by atoms with van der Waals surface area (Å²) in [7, 11) is 0. The number of aromatic hydroxyl groups is 1. The van der Waals surface area contributed by atoms with Crippen molar-refractivity contribution in [1.29, 1.82) is 0 Å². The molecule has 0 atom stereocenters. The molecule has 1 fully saturated rings. The van der Waals surface area contributed by atoms with Crippen molar-refractivity contribution in [3.8, 4) is 5.75 Å². The van der Waals surface area contributed by atoms with Gasteiger partial charge in [0.1, 0.15) is 5.75 Å². The number of likely N-dealkylation sites (tertiary alicyclic amines) is 1. The lowest BCUT2D eigenvalue weighted by Crippen LogP contribution is -2.41. The molecular formula is C16H24Cl2N2O2. The molecule has 1 amide bonds. The van der Waals surface area contributed by atoms with E-state index in [-0.39, 0.29) is 18.2 Å². The Bertz CT molecular complexity index is 501. The highest BCUT2D eigenvalue weighted by Crippen LogP contribution is 2.33. The van der Waals surface area contributed by atoms with Crippen LogP contribution < -0.4 is 5.73 Å². The molecule has 22 heavy (non-hydrogen) atoms. The molecule has 1 aliphatic heterocycles. The maximum absolute atomic E-state index is 11.5. The van der Waals surface area contributed by atoms with Gasteiger partial charge in [0.2, 0.25) is 5.91 Å². The fraction of sp³-hybridized carbons (Fsp3) is 0.562. The van der Waals surface area contributed by atoms with E-state index in [1.165, 1.54) is 6.07 Å². The van der Waals surface area contributed by atoms with E-state index in [2.05, 4.69) is 0 Å². The first-order valence-corrected chi connectivity index (χ1v) is 8.41. The number of carbonyl (C=O) groups is 1. The highest BCUT2D eigenvalue weighted by atomic mass is 35.5. The Labute approximate surface area is 142 Å². The molecule has 0 aliphatic carbocycles. The molecule has 3 N–H and O–H groups in total. The van der Waals surface area contributed by atoms with Crippen LogP contribution in [0.3, 0.4) is 0 Å². The minimum absolute atomic E-state index is 0.000773. The molecule has 0 radical (unpaired) electrons. The summed E-state index contributed by atoms with van der Waals surface area (Å²) in [4.78, 5) is 13.3. The Morgan fingerprint density at radius 2 is 1.82 bits per heavy atom. The summed E-state index contributed by atoms with van der Waals surface area (Å²) in [5.74, 6) is 0.612. The summed E-state index contributed by atoms with van der Waals surface area (Å²) < 4.78 is 0. The van der Waals surface area contributed by atoms with Gasteiger partial charge in [-0.15, -0.1) is 0 Å². The zero-order valence-electron chi connectivity index (χ0n) is 13.1. The number of rotatable bonds is 3. The van der Waals surface area contributed by atoms with Gasteiger partial charge in [0.25, 0.3) is 0 Å². The number of hydrogen-bond donors (Lipinski definition) is 2. The molecule has 2 rings (SSSR count). The molecule has 1 aliphatic rings. The van der Waals surface area contributed by atoms with Gasteiger partial charge in [-0.2, -0.15) is 0 Å². The SMILES string of the molecule is CC.NCC(=O)N1CCC(Cc2cc(Cl)c(Cl)cc2O)CC1. The summed E-state index contributed by atoms with van der Waals surface area (Å²) in [6.07, 6.45) is 2.56. The van der Waals surface area contributed by atoms with Crippen LogP contribution in [0.15, 0.2) is 12.1 Å². The standard InChI is InChI=1S/C14H18Cl2N2O2.C2H6/c15-11-6-10(13(19)7-12(11)16)5-9-1-3-18(4-2-9)14(20)8-17;1-2/h6-7,9,19H,1-5,8,17H2;1-2H3. The van der Waals surface area contributed by atoms with Gasteiger partial charge in [-0.1, -0.05) is 37.0 Å². The maximum Gasteiger partial charge on any atom is 0.236 e. The second-order valence-corrected chi connectivity index (χ2v) is 5.94. The van der Waals surface area contributed by atoms with Gasteiger partial charge in [0.05, 0.1) is 16.6 Å². The van der Waals surface area contributed by atoms with Gasteiger partial charge in [-0.3, -0.25) is 4.79 Å². The third kappa shape index (κ3) is 5.04. The summed E-state index contributed by atoms with van der Waals surface area (Å²) in [5, 5.41) is 10.7. The molecule has 0 spiro atoms. The zero-order chi connectivity index (χ0) is 16.7. The van der Waals surface area contributed by atoms with Gasteiger partial charge in [-0.25, -0.2) is 0 Å². The highest BCUT2D eigenvalue weighted by molar-refractivity contribution is 6.42. The number of phenols is 1. The van der Waals surface area contributed by atoms with Crippen molar-refractivity contribution in [3.05, 3.63) is 27.7 Å². The number of piperidine rings is 1. The first kappa shape index (κ1) is 19.1. The Balaban J connectivity index is 0.00000116. The fourth-order valence-electron chi connectivity index (χ4n) is 2.57. The molecule has 0 unspecified atom stereocenters. The molecule has 1 saturated heterocycles. The number of hydrogen-bond acceptors (Lipinski definition) is 3. The molecule has 124 valence electrons. The van der Waals surface area contributed by atoms with E-state index in [9.17, 15) is 9.90 Å². The Kier molecular flexibility index (Phi) is 8.01. The largest absolute Gasteiger partial charge is 0.508 e. The lowest BCUT2D eigenvalue weighted by atomic mass is 9.90. The molecule has 0 saturated carbocycles. The van der Waals surface area contributed by atoms with Crippen LogP contribution in [0.25, 0.3) is 0 Å². The second-order valence-electron chi connectivity index (χ2n) is 5.13. The van der Waals surface area contributed by atoms with E-state index in [0.29, 0.717) is 16.0 Å². The van der Waals surface area contributed by atoms with Crippen molar-refractivity contribution in [2.45, 2.75) is 33.1 Å². The van der Waals surface area contributed by atoms with Crippen LogP contribution in [0.5, 0.6) is 5.75 Å². The van der Waals surface area contributed by atoms with E-state index in [0.717, 1.165) is 37.9 Å². The van der Waals surface area contributed by atoms with Gasteiger partial charge in [0.15, 0.2) is 0 Å². The smallest absolute Gasteiger partial charge is 0.236 e. The van der Waals surface area contributed by atoms with Crippen LogP contribution in [-0.2, 0) is 11.2 Å². The van der Waals surface area contributed by atoms with Gasteiger partial charge >= 0.3 is 0 Å². The van der Waals surface area contributed by atoms with Crippen molar-refractivity contribution in [3.63, 3.8) is 0 Å². The van der Waals surface area contributed by atoms with Crippen molar-refractivity contribution >= 4 is 29.1 Å². The number of nitrogens with two attached hydrogens (primary N) is 1. The van der Waals surface area contributed by atoms with E-state index in [4.69, 9.17) is 28.9 Å². The fourth-order valence-corrected chi connectivity index (χ4v) is 2.91. The highest BCUT2D eigenvalue weighted by Gasteiger charge is 2.23. The lowest BCUT2D eigenvalue weighted by Gasteiger charge is -2.32. The van der Waals surface area contributed by atoms with Crippen LogP contribution in [0.2, 0.25) is 10.0 Å². The van der Waals surface area contributed by atoms with Crippen molar-refractivity contribution in [1.82, 2.24) is 4.90 Å². The normalized spacial score (nSPS) is 15.2. The Hall–Kier alpha value is -0.970. The topological polar surface area (TPSA) is 66.6 Å². The predicted molar refractivity (Wildman–Crippen MR) is 91.5 cm³/mol. The zero-order valence-corrected chi connectivity index (χ0v) is 14.6. The van der Waals surface area contributed by atoms with E-state index in [1.54, 1.807) is 11.0 Å². The number of phenolic OH excluding ortho intramolecular Hbond substituents is 1. The van der Waals surface area contributed by atoms with E-state index in [1.807, 2.05) is 13.8 Å². The summed E-state index contributed by atoms with van der Waals surface area (Å²) >= 11 is 11.8. The van der Waals surface area contributed by atoms with Gasteiger partial charge < -0.3 is 15.7 Å². The molecule has 4 nitrogen and oxygen atoms in total. The van der Waals surface area contributed by atoms with Crippen LogP contribution >= 0.6 is 23.2 Å². The monoisotopic (exact) mass is 346 g/mol. The molecule has 6 heteroatoms. The first-order chi connectivity index (χ1) is 10.5. The summed E-state index contributed by atoms with van der Waals surface area (Å²) in [6.45, 7) is 5.52. The number of amides is 1. The van der Waals surface area contributed by atoms with Crippen molar-refractivity contribution in [2.24, 2.45) is 11.7 Å². The van der Waals surface area contributed by atoms with E-state index < -0.39 is 0 Å². The minimum Gasteiger partial charge on any atom is -0.508 e. The van der Waals surface area contributed by atoms with Crippen LogP contribution in [0, 0.1) is 5.92 Å². The summed E-state index contributed by atoms with van der Waals surface area (Å²) in [5.41, 5.74) is 6.17. The van der Waals surface area contributed by atoms with Crippen LogP contribution in [0.4, 0.5) is 0 Å². The quantitative estimate of drug-likeness (QED) is 0.880. The predicted octanol–water partition coefficient (Wildman–Crippen LogP) is 3.47. The number of carbonyl (C=O) groups excluding carboxylic acids is 1. The number of benzene rings is 1. The number of halogens is 2. The van der Waals surface area contributed by atoms with Crippen LogP contribution in [-0.4, -0.2) is 35.5 Å². The molecule has 1 heterocycles. The third-order valence-electron chi connectivity index (χ3n) is 3.77. The molecule has 0 bridgehead atoms. The average molecular weight is 347 g/mol. The first-order valence-electron chi connectivity index (χ1n) is 7.66. The van der Waals surface area contributed by atoms with E-state index >= 15 is 0 Å². The summed E-state index contributed by atoms with van der Waals surface area (Å²) in [6, 6.07) is 3.20. The third-order valence-corrected chi connectivity index (χ3v) is 4.49. The molecule has 0 aromatic heterocycles.